The highest BCUT2D eigenvalue weighted by molar-refractivity contribution is 5.98. The molecule has 258 valence electrons. The lowest BCUT2D eigenvalue weighted by molar-refractivity contribution is -0.149. The zero-order chi connectivity index (χ0) is 35.0. The van der Waals surface area contributed by atoms with E-state index in [4.69, 9.17) is 5.26 Å². The molecule has 1 heterocycles. The lowest BCUT2D eigenvalue weighted by Gasteiger charge is -2.36. The third kappa shape index (κ3) is 8.72. The second-order valence-electron chi connectivity index (χ2n) is 12.7. The summed E-state index contributed by atoms with van der Waals surface area (Å²) in [4.78, 5) is 56.2. The summed E-state index contributed by atoms with van der Waals surface area (Å²) in [6.45, 7) is 5.75. The maximum atomic E-state index is 15.6. The van der Waals surface area contributed by atoms with E-state index >= 15 is 13.2 Å². The minimum absolute atomic E-state index is 0.0439. The second kappa shape index (κ2) is 16.1. The van der Waals surface area contributed by atoms with Crippen LogP contribution in [0.2, 0.25) is 0 Å². The zero-order valence-electron chi connectivity index (χ0n) is 27.5. The summed E-state index contributed by atoms with van der Waals surface area (Å²) < 4.78 is 46.1. The van der Waals surface area contributed by atoms with Gasteiger partial charge in [0.1, 0.15) is 17.9 Å². The van der Waals surface area contributed by atoms with Crippen LogP contribution >= 0.6 is 0 Å². The van der Waals surface area contributed by atoms with Crippen LogP contribution in [0.1, 0.15) is 75.0 Å². The van der Waals surface area contributed by atoms with Crippen LogP contribution in [0.3, 0.4) is 0 Å². The monoisotopic (exact) mass is 668 g/mol. The maximum Gasteiger partial charge on any atom is 0.349 e. The molecule has 1 aliphatic carbocycles. The highest BCUT2D eigenvalue weighted by Gasteiger charge is 2.44. The van der Waals surface area contributed by atoms with Crippen LogP contribution in [0.15, 0.2) is 42.5 Å². The van der Waals surface area contributed by atoms with E-state index in [0.29, 0.717) is 44.6 Å². The van der Waals surface area contributed by atoms with E-state index in [9.17, 15) is 19.2 Å². The summed E-state index contributed by atoms with van der Waals surface area (Å²) in [6.07, 6.45) is 3.58. The minimum Gasteiger partial charge on any atom is -0.344 e. The first-order chi connectivity index (χ1) is 22.8. The van der Waals surface area contributed by atoms with Crippen molar-refractivity contribution in [2.24, 2.45) is 5.92 Å². The second-order valence-corrected chi connectivity index (χ2v) is 12.7. The summed E-state index contributed by atoms with van der Waals surface area (Å²) in [5, 5.41) is 16.6. The Morgan fingerprint density at radius 1 is 1.00 bits per heavy atom. The van der Waals surface area contributed by atoms with Crippen molar-refractivity contribution in [1.29, 1.82) is 5.26 Å². The van der Waals surface area contributed by atoms with Gasteiger partial charge in [0.25, 0.3) is 5.91 Å². The molecule has 0 spiro atoms. The normalized spacial score (nSPS) is 17.8. The number of halogens is 3. The van der Waals surface area contributed by atoms with Gasteiger partial charge in [-0.1, -0.05) is 51.3 Å². The van der Waals surface area contributed by atoms with E-state index in [1.54, 1.807) is 24.8 Å². The predicted octanol–water partition coefficient (Wildman–Crippen LogP) is 4.27. The van der Waals surface area contributed by atoms with Crippen LogP contribution < -0.4 is 16.0 Å². The SMILES string of the molecule is CCC(=O)N[C@@H](C(=O)N1CCN(C)CC1)[C@@H](C)c1ccc(NC(=O)[C@@H](NC(=O)C(F)(F)c2cccc(C#N)c2)C2CCCCC2)c(F)c1. The average molecular weight is 669 g/mol. The van der Waals surface area contributed by atoms with Gasteiger partial charge in [0, 0.05) is 44.1 Å². The summed E-state index contributed by atoms with van der Waals surface area (Å²) >= 11 is 0. The quantitative estimate of drug-likeness (QED) is 0.328. The Kier molecular flexibility index (Phi) is 12.2. The number of carbonyl (C=O) groups is 4. The molecule has 2 aliphatic rings. The van der Waals surface area contributed by atoms with E-state index < -0.39 is 53.0 Å². The third-order valence-electron chi connectivity index (χ3n) is 9.33. The fourth-order valence-corrected chi connectivity index (χ4v) is 6.23. The smallest absolute Gasteiger partial charge is 0.344 e. The molecule has 4 amide bonds. The van der Waals surface area contributed by atoms with Crippen LogP contribution in [0.4, 0.5) is 18.9 Å². The van der Waals surface area contributed by atoms with Gasteiger partial charge in [-0.05, 0) is 55.6 Å². The highest BCUT2D eigenvalue weighted by atomic mass is 19.3. The molecule has 0 aromatic heterocycles. The number of nitrogens with zero attached hydrogens (tertiary/aromatic N) is 3. The summed E-state index contributed by atoms with van der Waals surface area (Å²) in [5.74, 6) is -9.05. The Bertz CT molecular complexity index is 1530. The highest BCUT2D eigenvalue weighted by Crippen LogP contribution is 2.32. The number of alkyl halides is 2. The molecule has 4 rings (SSSR count). The molecule has 1 aliphatic heterocycles. The van der Waals surface area contributed by atoms with Gasteiger partial charge in [-0.25, -0.2) is 4.39 Å². The Hall–Kier alpha value is -4.44. The largest absolute Gasteiger partial charge is 0.349 e. The predicted molar refractivity (Wildman–Crippen MR) is 173 cm³/mol. The Morgan fingerprint density at radius 3 is 2.31 bits per heavy atom. The molecule has 3 atom stereocenters. The van der Waals surface area contributed by atoms with Gasteiger partial charge in [-0.2, -0.15) is 14.0 Å². The number of anilines is 1. The zero-order valence-corrected chi connectivity index (χ0v) is 27.5. The fraction of sp³-hybridized carbons (Fsp3) is 0.514. The lowest BCUT2D eigenvalue weighted by atomic mass is 9.83. The maximum absolute atomic E-state index is 15.6. The summed E-state index contributed by atoms with van der Waals surface area (Å²) in [7, 11) is 1.96. The Balaban J connectivity index is 1.53. The lowest BCUT2D eigenvalue weighted by Crippen LogP contribution is -2.55. The molecular formula is C35H43F3N6O4. The van der Waals surface area contributed by atoms with Gasteiger partial charge in [-0.3, -0.25) is 19.2 Å². The van der Waals surface area contributed by atoms with Crippen molar-refractivity contribution in [2.45, 2.75) is 76.3 Å². The van der Waals surface area contributed by atoms with Crippen molar-refractivity contribution in [3.8, 4) is 6.07 Å². The molecular weight excluding hydrogens is 625 g/mol. The van der Waals surface area contributed by atoms with Gasteiger partial charge in [-0.15, -0.1) is 0 Å². The molecule has 13 heteroatoms. The van der Waals surface area contributed by atoms with E-state index in [1.807, 2.05) is 7.05 Å². The number of piperazine rings is 1. The van der Waals surface area contributed by atoms with E-state index in [-0.39, 0.29) is 29.5 Å². The van der Waals surface area contributed by atoms with Gasteiger partial charge in [0.05, 0.1) is 17.3 Å². The summed E-state index contributed by atoms with van der Waals surface area (Å²) in [6, 6.07) is 8.03. The van der Waals surface area contributed by atoms with Crippen LogP contribution in [0, 0.1) is 23.1 Å². The van der Waals surface area contributed by atoms with Crippen molar-refractivity contribution < 1.29 is 32.3 Å². The van der Waals surface area contributed by atoms with Gasteiger partial charge in [0.2, 0.25) is 17.7 Å². The number of benzene rings is 2. The molecule has 10 nitrogen and oxygen atoms in total. The number of rotatable bonds is 11. The van der Waals surface area contributed by atoms with E-state index in [2.05, 4.69) is 20.9 Å². The van der Waals surface area contributed by atoms with Crippen molar-refractivity contribution >= 4 is 29.3 Å². The number of hydrogen-bond donors (Lipinski definition) is 3. The van der Waals surface area contributed by atoms with Gasteiger partial charge in [0.15, 0.2) is 0 Å². The number of likely N-dealkylation sites (N-methyl/N-ethyl adjacent to an activating group) is 1. The fourth-order valence-electron chi connectivity index (χ4n) is 6.23. The first kappa shape index (κ1) is 36.4. The molecule has 0 bridgehead atoms. The molecule has 0 unspecified atom stereocenters. The molecule has 2 aromatic carbocycles. The molecule has 2 aromatic rings. The molecule has 0 radical (unpaired) electrons. The standard InChI is InChI=1S/C35H43F3N6O4/c1-4-29(45)41-30(33(47)44-17-15-43(3)16-18-44)22(2)25-13-14-28(27(36)20-25)40-32(46)31(24-10-6-5-7-11-24)42-34(48)35(37,38)26-12-8-9-23(19-26)21-39/h8-9,12-14,19-20,22,24,30-31H,4-7,10-11,15-18H2,1-3H3,(H,40,46)(H,41,45)(H,42,48)/t22-,30+,31-/m0/s1. The van der Waals surface area contributed by atoms with Crippen LogP contribution in [-0.4, -0.2) is 78.7 Å². The molecule has 1 saturated carbocycles. The number of carbonyl (C=O) groups excluding carboxylic acids is 4. The molecule has 1 saturated heterocycles. The topological polar surface area (TPSA) is 135 Å². The number of nitriles is 1. The number of nitrogens with one attached hydrogen (secondary N) is 3. The minimum atomic E-state index is -4.03. The first-order valence-corrected chi connectivity index (χ1v) is 16.4. The summed E-state index contributed by atoms with van der Waals surface area (Å²) in [5.41, 5.74) is -0.542. The van der Waals surface area contributed by atoms with E-state index in [0.717, 1.165) is 31.4 Å². The van der Waals surface area contributed by atoms with E-state index in [1.165, 1.54) is 30.3 Å². The van der Waals surface area contributed by atoms with Crippen molar-refractivity contribution in [1.82, 2.24) is 20.4 Å². The Morgan fingerprint density at radius 2 is 1.69 bits per heavy atom. The van der Waals surface area contributed by atoms with Gasteiger partial charge < -0.3 is 25.8 Å². The van der Waals surface area contributed by atoms with Crippen LogP contribution in [0.5, 0.6) is 0 Å². The van der Waals surface area contributed by atoms with Crippen molar-refractivity contribution in [3.05, 3.63) is 65.0 Å². The molecule has 2 fully saturated rings. The molecule has 48 heavy (non-hydrogen) atoms. The Labute approximate surface area is 279 Å². The van der Waals surface area contributed by atoms with Crippen LogP contribution in [-0.2, 0) is 25.1 Å². The van der Waals surface area contributed by atoms with Crippen molar-refractivity contribution in [3.63, 3.8) is 0 Å². The van der Waals surface area contributed by atoms with Crippen LogP contribution in [0.25, 0.3) is 0 Å². The molecule has 3 N–H and O–H groups in total. The van der Waals surface area contributed by atoms with Gasteiger partial charge >= 0.3 is 5.92 Å². The van der Waals surface area contributed by atoms with Crippen molar-refractivity contribution in [2.75, 3.05) is 38.5 Å². The average Bonchev–Trinajstić information content (AvgIpc) is 3.10. The number of amides is 4. The third-order valence-corrected chi connectivity index (χ3v) is 9.33. The number of hydrogen-bond acceptors (Lipinski definition) is 6. The first-order valence-electron chi connectivity index (χ1n) is 16.4.